The van der Waals surface area contributed by atoms with Crippen molar-refractivity contribution in [1.82, 2.24) is 5.32 Å². The summed E-state index contributed by atoms with van der Waals surface area (Å²) in [6, 6.07) is 5.49. The molecule has 1 aromatic rings. The van der Waals surface area contributed by atoms with Crippen LogP contribution in [0.3, 0.4) is 0 Å². The molecule has 18 heavy (non-hydrogen) atoms. The molecule has 1 saturated heterocycles. The Kier molecular flexibility index (Phi) is 3.88. The molecule has 0 unspecified atom stereocenters. The molecule has 0 spiro atoms. The number of thioether (sulfide) groups is 1. The third-order valence-corrected chi connectivity index (χ3v) is 3.52. The van der Waals surface area contributed by atoms with Crippen molar-refractivity contribution in [2.24, 2.45) is 0 Å². The fourth-order valence-electron chi connectivity index (χ4n) is 1.59. The third-order valence-electron chi connectivity index (χ3n) is 2.36. The second-order valence-corrected chi connectivity index (χ2v) is 5.15. The van der Waals surface area contributed by atoms with Gasteiger partial charge in [0.15, 0.2) is 11.5 Å². The minimum Gasteiger partial charge on any atom is -0.493 e. The van der Waals surface area contributed by atoms with Crippen molar-refractivity contribution < 1.29 is 14.3 Å². The maximum Gasteiger partial charge on any atom is 0.263 e. The van der Waals surface area contributed by atoms with Gasteiger partial charge in [0.1, 0.15) is 4.32 Å². The molecule has 0 saturated carbocycles. The molecule has 1 N–H and O–H groups in total. The van der Waals surface area contributed by atoms with Crippen molar-refractivity contribution >= 4 is 40.3 Å². The van der Waals surface area contributed by atoms with E-state index in [1.165, 1.54) is 11.8 Å². The molecule has 1 heterocycles. The summed E-state index contributed by atoms with van der Waals surface area (Å²) in [5.41, 5.74) is 0.777. The fourth-order valence-corrected chi connectivity index (χ4v) is 2.62. The van der Waals surface area contributed by atoms with Crippen LogP contribution in [0.5, 0.6) is 11.5 Å². The number of rotatable bonds is 3. The topological polar surface area (TPSA) is 47.6 Å². The van der Waals surface area contributed by atoms with E-state index in [-0.39, 0.29) is 5.91 Å². The monoisotopic (exact) mass is 281 g/mol. The summed E-state index contributed by atoms with van der Waals surface area (Å²) in [5.74, 6) is 1.03. The Morgan fingerprint density at radius 3 is 2.67 bits per heavy atom. The minimum absolute atomic E-state index is 0.185. The van der Waals surface area contributed by atoms with Gasteiger partial charge in [0.2, 0.25) is 0 Å². The maximum atomic E-state index is 11.6. The highest BCUT2D eigenvalue weighted by molar-refractivity contribution is 8.26. The van der Waals surface area contributed by atoms with Crippen LogP contribution in [0.4, 0.5) is 0 Å². The van der Waals surface area contributed by atoms with Gasteiger partial charge in [0.25, 0.3) is 5.91 Å². The highest BCUT2D eigenvalue weighted by Gasteiger charge is 2.22. The Morgan fingerprint density at radius 2 is 2.11 bits per heavy atom. The van der Waals surface area contributed by atoms with Crippen molar-refractivity contribution in [1.29, 1.82) is 0 Å². The zero-order valence-corrected chi connectivity index (χ0v) is 11.5. The molecule has 0 bridgehead atoms. The van der Waals surface area contributed by atoms with E-state index in [1.807, 2.05) is 12.1 Å². The van der Waals surface area contributed by atoms with Crippen LogP contribution in [0.15, 0.2) is 23.1 Å². The molecule has 1 aromatic carbocycles. The summed E-state index contributed by atoms with van der Waals surface area (Å²) < 4.78 is 11.0. The fraction of sp³-hybridized carbons (Fsp3) is 0.167. The van der Waals surface area contributed by atoms with Crippen molar-refractivity contribution in [3.8, 4) is 11.5 Å². The number of carbonyl (C=O) groups is 1. The second-order valence-electron chi connectivity index (χ2n) is 3.43. The Balaban J connectivity index is 2.43. The summed E-state index contributed by atoms with van der Waals surface area (Å²) in [4.78, 5) is 12.1. The molecule has 0 atom stereocenters. The number of methoxy groups -OCH3 is 2. The van der Waals surface area contributed by atoms with Gasteiger partial charge in [-0.1, -0.05) is 36.1 Å². The summed E-state index contributed by atoms with van der Waals surface area (Å²) in [5, 5.41) is 2.57. The molecule has 94 valence electrons. The number of nitrogens with one attached hydrogen (secondary N) is 1. The van der Waals surface area contributed by atoms with Crippen molar-refractivity contribution in [3.05, 3.63) is 28.7 Å². The van der Waals surface area contributed by atoms with E-state index < -0.39 is 0 Å². The SMILES string of the molecule is COc1cccc(/C=C2/SC(=S)NC2=O)c1OC. The number of benzene rings is 1. The van der Waals surface area contributed by atoms with E-state index in [9.17, 15) is 4.79 Å². The molecule has 1 amide bonds. The largest absolute Gasteiger partial charge is 0.493 e. The lowest BCUT2D eigenvalue weighted by Crippen LogP contribution is -2.17. The van der Waals surface area contributed by atoms with E-state index in [0.717, 1.165) is 5.56 Å². The van der Waals surface area contributed by atoms with Crippen LogP contribution in [0.2, 0.25) is 0 Å². The average molecular weight is 281 g/mol. The van der Waals surface area contributed by atoms with Gasteiger partial charge in [0, 0.05) is 5.56 Å². The molecule has 1 aliphatic heterocycles. The van der Waals surface area contributed by atoms with Gasteiger partial charge >= 0.3 is 0 Å². The van der Waals surface area contributed by atoms with E-state index in [0.29, 0.717) is 20.7 Å². The van der Waals surface area contributed by atoms with Crippen LogP contribution in [-0.4, -0.2) is 24.4 Å². The standard InChI is InChI=1S/C12H11NO3S2/c1-15-8-5-3-4-7(10(8)16-2)6-9-11(14)13-12(17)18-9/h3-6H,1-2H3,(H,13,14,17)/b9-6+. The first-order valence-electron chi connectivity index (χ1n) is 5.11. The van der Waals surface area contributed by atoms with Gasteiger partial charge in [-0.05, 0) is 12.1 Å². The number of ether oxygens (including phenoxy) is 2. The van der Waals surface area contributed by atoms with Gasteiger partial charge < -0.3 is 14.8 Å². The number of hydrogen-bond acceptors (Lipinski definition) is 5. The lowest BCUT2D eigenvalue weighted by Gasteiger charge is -2.10. The Hall–Kier alpha value is -1.53. The van der Waals surface area contributed by atoms with Gasteiger partial charge in [-0.3, -0.25) is 4.79 Å². The van der Waals surface area contributed by atoms with Gasteiger partial charge in [-0.2, -0.15) is 0 Å². The molecule has 6 heteroatoms. The molecule has 2 rings (SSSR count). The predicted molar refractivity (Wildman–Crippen MR) is 75.9 cm³/mol. The number of para-hydroxylation sites is 1. The Bertz CT molecular complexity index is 540. The predicted octanol–water partition coefficient (Wildman–Crippen LogP) is 2.19. The lowest BCUT2D eigenvalue weighted by atomic mass is 10.1. The van der Waals surface area contributed by atoms with Crippen LogP contribution >= 0.6 is 24.0 Å². The average Bonchev–Trinajstić information content (AvgIpc) is 2.67. The van der Waals surface area contributed by atoms with Crippen molar-refractivity contribution in [2.45, 2.75) is 0 Å². The van der Waals surface area contributed by atoms with E-state index in [2.05, 4.69) is 5.32 Å². The van der Waals surface area contributed by atoms with Gasteiger partial charge in [-0.15, -0.1) is 0 Å². The molecule has 0 aliphatic carbocycles. The van der Waals surface area contributed by atoms with Crippen molar-refractivity contribution in [2.75, 3.05) is 14.2 Å². The summed E-state index contributed by atoms with van der Waals surface area (Å²) in [6.45, 7) is 0. The molecular weight excluding hydrogens is 270 g/mol. The van der Waals surface area contributed by atoms with Crippen LogP contribution < -0.4 is 14.8 Å². The third kappa shape index (κ3) is 2.49. The van der Waals surface area contributed by atoms with E-state index in [4.69, 9.17) is 21.7 Å². The smallest absolute Gasteiger partial charge is 0.263 e. The van der Waals surface area contributed by atoms with Crippen molar-refractivity contribution in [3.63, 3.8) is 0 Å². The molecule has 0 aromatic heterocycles. The van der Waals surface area contributed by atoms with Crippen LogP contribution in [-0.2, 0) is 4.79 Å². The minimum atomic E-state index is -0.185. The van der Waals surface area contributed by atoms with Crippen LogP contribution in [0.25, 0.3) is 6.08 Å². The summed E-state index contributed by atoms with van der Waals surface area (Å²) in [7, 11) is 3.13. The maximum absolute atomic E-state index is 11.6. The molecule has 0 radical (unpaired) electrons. The van der Waals surface area contributed by atoms with Gasteiger partial charge in [-0.25, -0.2) is 0 Å². The second kappa shape index (κ2) is 5.41. The van der Waals surface area contributed by atoms with Crippen LogP contribution in [0, 0.1) is 0 Å². The zero-order chi connectivity index (χ0) is 13.1. The van der Waals surface area contributed by atoms with E-state index in [1.54, 1.807) is 26.4 Å². The van der Waals surface area contributed by atoms with E-state index >= 15 is 0 Å². The zero-order valence-electron chi connectivity index (χ0n) is 9.85. The molecule has 1 fully saturated rings. The first kappa shape index (κ1) is 12.9. The molecule has 4 nitrogen and oxygen atoms in total. The van der Waals surface area contributed by atoms with Crippen LogP contribution in [0.1, 0.15) is 5.56 Å². The highest BCUT2D eigenvalue weighted by Crippen LogP contribution is 2.34. The summed E-state index contributed by atoms with van der Waals surface area (Å²) in [6.07, 6.45) is 1.74. The number of thiocarbonyl (C=S) groups is 1. The van der Waals surface area contributed by atoms with Gasteiger partial charge in [0.05, 0.1) is 19.1 Å². The molecular formula is C12H11NO3S2. The number of hydrogen-bond donors (Lipinski definition) is 1. The number of carbonyl (C=O) groups excluding carboxylic acids is 1. The molecule has 1 aliphatic rings. The number of amides is 1. The normalized spacial score (nSPS) is 16.9. The Morgan fingerprint density at radius 1 is 1.33 bits per heavy atom. The first-order chi connectivity index (χ1) is 8.65. The quantitative estimate of drug-likeness (QED) is 0.680. The Labute approximate surface area is 114 Å². The summed E-state index contributed by atoms with van der Waals surface area (Å²) >= 11 is 6.17. The first-order valence-corrected chi connectivity index (χ1v) is 6.34. The lowest BCUT2D eigenvalue weighted by molar-refractivity contribution is -0.115. The highest BCUT2D eigenvalue weighted by atomic mass is 32.2.